The van der Waals surface area contributed by atoms with Crippen LogP contribution in [0, 0.1) is 0 Å². The summed E-state index contributed by atoms with van der Waals surface area (Å²) in [6.07, 6.45) is 12.8. The first kappa shape index (κ1) is 19.7. The SMILES string of the molecule is O=C(NCc1ccc(N2CCCCCC2)nc1)Nc1cnn(CC2CCCO2)c1. The van der Waals surface area contributed by atoms with Crippen LogP contribution in [0.1, 0.15) is 44.1 Å². The van der Waals surface area contributed by atoms with Crippen molar-refractivity contribution in [2.45, 2.75) is 57.7 Å². The van der Waals surface area contributed by atoms with Gasteiger partial charge >= 0.3 is 6.03 Å². The molecule has 0 aliphatic carbocycles. The lowest BCUT2D eigenvalue weighted by atomic mass is 10.2. The molecule has 2 amide bonds. The number of hydrogen-bond acceptors (Lipinski definition) is 5. The van der Waals surface area contributed by atoms with E-state index in [1.165, 1.54) is 25.7 Å². The molecule has 2 saturated heterocycles. The number of carbonyl (C=O) groups is 1. The number of urea groups is 1. The van der Waals surface area contributed by atoms with Crippen molar-refractivity contribution in [3.63, 3.8) is 0 Å². The topological polar surface area (TPSA) is 84.3 Å². The van der Waals surface area contributed by atoms with Crippen LogP contribution in [0.2, 0.25) is 0 Å². The fourth-order valence-corrected chi connectivity index (χ4v) is 3.89. The van der Waals surface area contributed by atoms with Crippen molar-refractivity contribution >= 4 is 17.5 Å². The summed E-state index contributed by atoms with van der Waals surface area (Å²) in [5.74, 6) is 1.03. The number of hydrogen-bond donors (Lipinski definition) is 2. The Hall–Kier alpha value is -2.61. The summed E-state index contributed by atoms with van der Waals surface area (Å²) in [4.78, 5) is 19.1. The highest BCUT2D eigenvalue weighted by Crippen LogP contribution is 2.18. The molecule has 0 bridgehead atoms. The van der Waals surface area contributed by atoms with E-state index < -0.39 is 0 Å². The Kier molecular flexibility index (Phi) is 6.61. The number of ether oxygens (including phenoxy) is 1. The lowest BCUT2D eigenvalue weighted by molar-refractivity contribution is 0.0940. The third kappa shape index (κ3) is 5.69. The van der Waals surface area contributed by atoms with Crippen molar-refractivity contribution in [1.29, 1.82) is 0 Å². The molecule has 2 aliphatic heterocycles. The van der Waals surface area contributed by atoms with Crippen LogP contribution in [0.5, 0.6) is 0 Å². The molecule has 1 unspecified atom stereocenters. The van der Waals surface area contributed by atoms with Gasteiger partial charge in [-0.25, -0.2) is 9.78 Å². The van der Waals surface area contributed by atoms with Crippen molar-refractivity contribution in [3.05, 3.63) is 36.3 Å². The van der Waals surface area contributed by atoms with E-state index in [9.17, 15) is 4.79 Å². The van der Waals surface area contributed by atoms with Gasteiger partial charge in [0.15, 0.2) is 0 Å². The van der Waals surface area contributed by atoms with Crippen LogP contribution in [0.15, 0.2) is 30.7 Å². The maximum Gasteiger partial charge on any atom is 0.319 e. The smallest absolute Gasteiger partial charge is 0.319 e. The molecule has 2 aromatic heterocycles. The molecule has 0 saturated carbocycles. The highest BCUT2D eigenvalue weighted by Gasteiger charge is 2.16. The van der Waals surface area contributed by atoms with Crippen LogP contribution >= 0.6 is 0 Å². The fraction of sp³-hybridized carbons (Fsp3) is 0.571. The molecule has 8 heteroatoms. The van der Waals surface area contributed by atoms with E-state index in [4.69, 9.17) is 4.74 Å². The second-order valence-electron chi connectivity index (χ2n) is 7.82. The molecule has 8 nitrogen and oxygen atoms in total. The number of amides is 2. The monoisotopic (exact) mass is 398 g/mol. The van der Waals surface area contributed by atoms with Gasteiger partial charge in [0.05, 0.1) is 24.5 Å². The molecular weight excluding hydrogens is 368 g/mol. The van der Waals surface area contributed by atoms with Gasteiger partial charge in [-0.3, -0.25) is 4.68 Å². The van der Waals surface area contributed by atoms with Crippen LogP contribution < -0.4 is 15.5 Å². The number of nitrogens with one attached hydrogen (secondary N) is 2. The number of aromatic nitrogens is 3. The van der Waals surface area contributed by atoms with Crippen LogP contribution in [0.4, 0.5) is 16.3 Å². The Morgan fingerprint density at radius 2 is 2.00 bits per heavy atom. The molecule has 2 N–H and O–H groups in total. The maximum absolute atomic E-state index is 12.2. The molecule has 1 atom stereocenters. The normalized spacial score (nSPS) is 19.7. The summed E-state index contributed by atoms with van der Waals surface area (Å²) >= 11 is 0. The first-order chi connectivity index (χ1) is 14.3. The van der Waals surface area contributed by atoms with E-state index in [2.05, 4.69) is 31.7 Å². The van der Waals surface area contributed by atoms with Gasteiger partial charge in [-0.15, -0.1) is 0 Å². The molecule has 0 radical (unpaired) electrons. The van der Waals surface area contributed by atoms with E-state index in [1.807, 2.05) is 23.1 Å². The summed E-state index contributed by atoms with van der Waals surface area (Å²) in [6, 6.07) is 3.83. The fourth-order valence-electron chi connectivity index (χ4n) is 3.89. The largest absolute Gasteiger partial charge is 0.376 e. The van der Waals surface area contributed by atoms with Crippen LogP contribution in [-0.4, -0.2) is 46.6 Å². The summed E-state index contributed by atoms with van der Waals surface area (Å²) in [6.45, 7) is 4.13. The van der Waals surface area contributed by atoms with E-state index in [1.54, 1.807) is 6.20 Å². The standard InChI is InChI=1S/C21H30N6O2/c28-21(25-18-14-24-27(15-18)16-19-6-5-11-29-19)23-13-17-7-8-20(22-12-17)26-9-3-1-2-4-10-26/h7-8,12,14-15,19H,1-6,9-11,13,16H2,(H2,23,25,28). The van der Waals surface area contributed by atoms with Gasteiger partial charge in [-0.05, 0) is 37.3 Å². The average Bonchev–Trinajstić information content (AvgIpc) is 3.32. The number of pyridine rings is 1. The molecule has 4 heterocycles. The van der Waals surface area contributed by atoms with Crippen LogP contribution in [0.25, 0.3) is 0 Å². The number of nitrogens with zero attached hydrogens (tertiary/aromatic N) is 4. The van der Waals surface area contributed by atoms with Crippen LogP contribution in [-0.2, 0) is 17.8 Å². The second-order valence-corrected chi connectivity index (χ2v) is 7.82. The second kappa shape index (κ2) is 9.73. The Morgan fingerprint density at radius 3 is 2.72 bits per heavy atom. The summed E-state index contributed by atoms with van der Waals surface area (Å²) in [5.41, 5.74) is 1.66. The van der Waals surface area contributed by atoms with Gasteiger partial charge < -0.3 is 20.3 Å². The van der Waals surface area contributed by atoms with Crippen molar-refractivity contribution in [2.75, 3.05) is 29.9 Å². The number of rotatable bonds is 6. The molecule has 0 aromatic carbocycles. The first-order valence-electron chi connectivity index (χ1n) is 10.6. The lowest BCUT2D eigenvalue weighted by Crippen LogP contribution is -2.28. The maximum atomic E-state index is 12.2. The van der Waals surface area contributed by atoms with E-state index in [0.29, 0.717) is 12.2 Å². The minimum Gasteiger partial charge on any atom is -0.376 e. The molecule has 2 aliphatic rings. The van der Waals surface area contributed by atoms with Gasteiger partial charge in [-0.1, -0.05) is 18.9 Å². The van der Waals surface area contributed by atoms with E-state index in [-0.39, 0.29) is 12.1 Å². The van der Waals surface area contributed by atoms with Gasteiger partial charge in [-0.2, -0.15) is 5.10 Å². The van der Waals surface area contributed by atoms with Crippen LogP contribution in [0.3, 0.4) is 0 Å². The number of carbonyl (C=O) groups excluding carboxylic acids is 1. The van der Waals surface area contributed by atoms with Crippen molar-refractivity contribution in [2.24, 2.45) is 0 Å². The molecule has 4 rings (SSSR count). The zero-order valence-electron chi connectivity index (χ0n) is 16.8. The Balaban J connectivity index is 1.22. The summed E-state index contributed by atoms with van der Waals surface area (Å²) in [5, 5.41) is 9.99. The Bertz CT molecular complexity index is 777. The van der Waals surface area contributed by atoms with Crippen molar-refractivity contribution in [3.8, 4) is 0 Å². The van der Waals surface area contributed by atoms with Crippen molar-refractivity contribution in [1.82, 2.24) is 20.1 Å². The third-order valence-corrected chi connectivity index (χ3v) is 5.50. The summed E-state index contributed by atoms with van der Waals surface area (Å²) < 4.78 is 7.44. The lowest BCUT2D eigenvalue weighted by Gasteiger charge is -2.21. The predicted octanol–water partition coefficient (Wildman–Crippen LogP) is 3.16. The Morgan fingerprint density at radius 1 is 1.14 bits per heavy atom. The minimum atomic E-state index is -0.252. The van der Waals surface area contributed by atoms with Gasteiger partial charge in [0.25, 0.3) is 0 Å². The average molecular weight is 399 g/mol. The predicted molar refractivity (Wildman–Crippen MR) is 112 cm³/mol. The molecule has 0 spiro atoms. The summed E-state index contributed by atoms with van der Waals surface area (Å²) in [7, 11) is 0. The first-order valence-corrected chi connectivity index (χ1v) is 10.6. The Labute approximate surface area is 171 Å². The minimum absolute atomic E-state index is 0.223. The highest BCUT2D eigenvalue weighted by molar-refractivity contribution is 5.88. The van der Waals surface area contributed by atoms with Gasteiger partial charge in [0, 0.05) is 38.6 Å². The van der Waals surface area contributed by atoms with E-state index >= 15 is 0 Å². The molecule has 156 valence electrons. The quantitative estimate of drug-likeness (QED) is 0.781. The number of anilines is 2. The highest BCUT2D eigenvalue weighted by atomic mass is 16.5. The molecule has 2 aromatic rings. The molecule has 29 heavy (non-hydrogen) atoms. The van der Waals surface area contributed by atoms with Gasteiger partial charge in [0.1, 0.15) is 5.82 Å². The molecule has 2 fully saturated rings. The zero-order chi connectivity index (χ0) is 19.9. The van der Waals surface area contributed by atoms with Gasteiger partial charge in [0.2, 0.25) is 0 Å². The molecular formula is C21H30N6O2. The van der Waals surface area contributed by atoms with E-state index in [0.717, 1.165) is 50.5 Å². The third-order valence-electron chi connectivity index (χ3n) is 5.50. The van der Waals surface area contributed by atoms with Crippen molar-refractivity contribution < 1.29 is 9.53 Å². The zero-order valence-corrected chi connectivity index (χ0v) is 16.8.